The fraction of sp³-hybridized carbons (Fsp3) is 0.235. The Morgan fingerprint density at radius 2 is 1.86 bits per heavy atom. The van der Waals surface area contributed by atoms with Gasteiger partial charge in [-0.25, -0.2) is 4.79 Å². The summed E-state index contributed by atoms with van der Waals surface area (Å²) in [6, 6.07) is 16.4. The molecule has 1 fully saturated rings. The molecule has 108 valence electrons. The lowest BCUT2D eigenvalue weighted by molar-refractivity contribution is 0.157. The third kappa shape index (κ3) is 2.90. The topological polar surface area (TPSA) is 55.6 Å². The van der Waals surface area contributed by atoms with Crippen LogP contribution in [0.25, 0.3) is 11.1 Å². The number of nitrogens with two attached hydrogens (primary N) is 1. The molecular formula is C17H18N2O2. The van der Waals surface area contributed by atoms with E-state index in [1.165, 1.54) is 0 Å². The van der Waals surface area contributed by atoms with Crippen molar-refractivity contribution in [2.24, 2.45) is 5.73 Å². The number of ether oxygens (including phenoxy) is 1. The number of nitrogens with zero attached hydrogens (tertiary/aromatic N) is 1. The van der Waals surface area contributed by atoms with Crippen molar-refractivity contribution in [3.63, 3.8) is 0 Å². The van der Waals surface area contributed by atoms with Gasteiger partial charge < -0.3 is 15.4 Å². The van der Waals surface area contributed by atoms with Crippen molar-refractivity contribution in [1.29, 1.82) is 0 Å². The van der Waals surface area contributed by atoms with Gasteiger partial charge in [-0.05, 0) is 22.3 Å². The number of benzene rings is 2. The van der Waals surface area contributed by atoms with E-state index in [1.54, 1.807) is 4.90 Å². The summed E-state index contributed by atoms with van der Waals surface area (Å²) >= 11 is 0. The van der Waals surface area contributed by atoms with Gasteiger partial charge >= 0.3 is 6.09 Å². The average molecular weight is 282 g/mol. The second-order valence-electron chi connectivity index (χ2n) is 5.09. The van der Waals surface area contributed by atoms with Crippen LogP contribution in [-0.4, -0.2) is 24.1 Å². The molecule has 0 radical (unpaired) electrons. The fourth-order valence-electron chi connectivity index (χ4n) is 2.56. The zero-order valence-corrected chi connectivity index (χ0v) is 11.8. The van der Waals surface area contributed by atoms with Crippen LogP contribution in [-0.2, 0) is 17.8 Å². The highest BCUT2D eigenvalue weighted by atomic mass is 16.6. The van der Waals surface area contributed by atoms with Crippen molar-refractivity contribution in [3.05, 3.63) is 59.7 Å². The van der Waals surface area contributed by atoms with Crippen LogP contribution in [0, 0.1) is 0 Å². The number of hydrogen-bond acceptors (Lipinski definition) is 3. The summed E-state index contributed by atoms with van der Waals surface area (Å²) < 4.78 is 4.93. The molecule has 0 unspecified atom stereocenters. The van der Waals surface area contributed by atoms with Gasteiger partial charge in [0.2, 0.25) is 0 Å². The maximum absolute atomic E-state index is 11.4. The van der Waals surface area contributed by atoms with Gasteiger partial charge in [0.1, 0.15) is 6.61 Å². The zero-order chi connectivity index (χ0) is 14.7. The van der Waals surface area contributed by atoms with Crippen molar-refractivity contribution in [3.8, 4) is 11.1 Å². The van der Waals surface area contributed by atoms with Crippen molar-refractivity contribution in [1.82, 2.24) is 4.90 Å². The Hall–Kier alpha value is -2.33. The van der Waals surface area contributed by atoms with E-state index in [4.69, 9.17) is 10.5 Å². The number of hydrogen-bond donors (Lipinski definition) is 1. The molecule has 2 aromatic carbocycles. The number of carbonyl (C=O) groups excluding carboxylic acids is 1. The molecular weight excluding hydrogens is 264 g/mol. The molecule has 0 bridgehead atoms. The normalized spacial score (nSPS) is 14.3. The van der Waals surface area contributed by atoms with Crippen LogP contribution in [0.1, 0.15) is 11.1 Å². The monoisotopic (exact) mass is 282 g/mol. The summed E-state index contributed by atoms with van der Waals surface area (Å²) in [6.45, 7) is 2.27. The zero-order valence-electron chi connectivity index (χ0n) is 11.8. The molecule has 4 heteroatoms. The van der Waals surface area contributed by atoms with E-state index in [9.17, 15) is 4.79 Å². The van der Waals surface area contributed by atoms with Gasteiger partial charge in [-0.1, -0.05) is 48.5 Å². The Morgan fingerprint density at radius 1 is 1.10 bits per heavy atom. The molecule has 0 aromatic heterocycles. The number of cyclic esters (lactones) is 1. The molecule has 4 nitrogen and oxygen atoms in total. The molecule has 2 aromatic rings. The van der Waals surface area contributed by atoms with Crippen LogP contribution in [0.3, 0.4) is 0 Å². The molecule has 1 aliphatic rings. The first-order valence-electron chi connectivity index (χ1n) is 7.07. The lowest BCUT2D eigenvalue weighted by Gasteiger charge is -2.13. The van der Waals surface area contributed by atoms with E-state index >= 15 is 0 Å². The highest BCUT2D eigenvalue weighted by Crippen LogP contribution is 2.24. The molecule has 3 rings (SSSR count). The molecule has 1 amide bonds. The quantitative estimate of drug-likeness (QED) is 0.938. The number of carbonyl (C=O) groups is 1. The predicted molar refractivity (Wildman–Crippen MR) is 81.5 cm³/mol. The van der Waals surface area contributed by atoms with Gasteiger partial charge in [-0.2, -0.15) is 0 Å². The number of rotatable bonds is 4. The Kier molecular flexibility index (Phi) is 3.88. The molecule has 21 heavy (non-hydrogen) atoms. The minimum absolute atomic E-state index is 0.229. The van der Waals surface area contributed by atoms with E-state index < -0.39 is 0 Å². The van der Waals surface area contributed by atoms with Crippen LogP contribution in [0.5, 0.6) is 0 Å². The largest absolute Gasteiger partial charge is 0.448 e. The Labute approximate surface area is 124 Å². The molecule has 0 saturated carbocycles. The predicted octanol–water partition coefficient (Wildman–Crippen LogP) is 2.76. The minimum Gasteiger partial charge on any atom is -0.448 e. The van der Waals surface area contributed by atoms with Gasteiger partial charge in [-0.3, -0.25) is 0 Å². The van der Waals surface area contributed by atoms with E-state index in [0.29, 0.717) is 26.2 Å². The van der Waals surface area contributed by atoms with Crippen molar-refractivity contribution < 1.29 is 9.53 Å². The first-order valence-corrected chi connectivity index (χ1v) is 7.07. The number of amides is 1. The van der Waals surface area contributed by atoms with Crippen molar-refractivity contribution >= 4 is 6.09 Å². The van der Waals surface area contributed by atoms with Crippen LogP contribution < -0.4 is 5.73 Å². The lowest BCUT2D eigenvalue weighted by Crippen LogP contribution is -2.23. The van der Waals surface area contributed by atoms with Crippen molar-refractivity contribution in [2.75, 3.05) is 13.2 Å². The van der Waals surface area contributed by atoms with Gasteiger partial charge in [0.25, 0.3) is 0 Å². The smallest absolute Gasteiger partial charge is 0.410 e. The highest BCUT2D eigenvalue weighted by Gasteiger charge is 2.21. The Morgan fingerprint density at radius 3 is 2.52 bits per heavy atom. The standard InChI is InChI=1S/C17H18N2O2/c18-11-15-3-1-2-4-16(15)14-7-5-13(6-8-14)12-19-9-10-21-17(19)20/h1-8H,9-12,18H2. The second-order valence-corrected chi connectivity index (χ2v) is 5.09. The van der Waals surface area contributed by atoms with Gasteiger partial charge in [0, 0.05) is 13.1 Å². The lowest BCUT2D eigenvalue weighted by atomic mass is 9.99. The van der Waals surface area contributed by atoms with Gasteiger partial charge in [0.05, 0.1) is 6.54 Å². The van der Waals surface area contributed by atoms with E-state index in [0.717, 1.165) is 22.3 Å². The van der Waals surface area contributed by atoms with Crippen LogP contribution in [0.4, 0.5) is 4.79 Å². The Bertz CT molecular complexity index is 637. The third-order valence-corrected chi connectivity index (χ3v) is 3.72. The minimum atomic E-state index is -0.229. The summed E-state index contributed by atoms with van der Waals surface area (Å²) in [4.78, 5) is 13.2. The van der Waals surface area contributed by atoms with Gasteiger partial charge in [0.15, 0.2) is 0 Å². The average Bonchev–Trinajstić information content (AvgIpc) is 2.93. The van der Waals surface area contributed by atoms with E-state index in [-0.39, 0.29) is 6.09 Å². The summed E-state index contributed by atoms with van der Waals surface area (Å²) in [5.41, 5.74) is 10.3. The van der Waals surface area contributed by atoms with Crippen molar-refractivity contribution in [2.45, 2.75) is 13.1 Å². The maximum atomic E-state index is 11.4. The molecule has 0 aliphatic carbocycles. The fourth-order valence-corrected chi connectivity index (χ4v) is 2.56. The van der Waals surface area contributed by atoms with Crippen LogP contribution in [0.15, 0.2) is 48.5 Å². The van der Waals surface area contributed by atoms with Crippen LogP contribution in [0.2, 0.25) is 0 Å². The Balaban J connectivity index is 1.79. The molecule has 0 atom stereocenters. The summed E-state index contributed by atoms with van der Waals surface area (Å²) in [6.07, 6.45) is -0.229. The maximum Gasteiger partial charge on any atom is 0.410 e. The second kappa shape index (κ2) is 5.97. The molecule has 2 N–H and O–H groups in total. The summed E-state index contributed by atoms with van der Waals surface area (Å²) in [5, 5.41) is 0. The van der Waals surface area contributed by atoms with Gasteiger partial charge in [-0.15, -0.1) is 0 Å². The third-order valence-electron chi connectivity index (χ3n) is 3.72. The summed E-state index contributed by atoms with van der Waals surface area (Å²) in [5.74, 6) is 0. The molecule has 1 aliphatic heterocycles. The van der Waals surface area contributed by atoms with E-state index in [1.807, 2.05) is 30.3 Å². The highest BCUT2D eigenvalue weighted by molar-refractivity contribution is 5.70. The first-order chi connectivity index (χ1) is 10.3. The first kappa shape index (κ1) is 13.6. The summed E-state index contributed by atoms with van der Waals surface area (Å²) in [7, 11) is 0. The molecule has 1 saturated heterocycles. The van der Waals surface area contributed by atoms with E-state index in [2.05, 4.69) is 18.2 Å². The molecule has 0 spiro atoms. The SMILES string of the molecule is NCc1ccccc1-c1ccc(CN2CCOC2=O)cc1. The van der Waals surface area contributed by atoms with Crippen LogP contribution >= 0.6 is 0 Å². The molecule has 1 heterocycles.